The molecule has 2 aromatic carbocycles. The molecule has 1 aliphatic carbocycles. The number of carboxylic acids is 1. The Labute approximate surface area is 143 Å². The van der Waals surface area contributed by atoms with Crippen LogP contribution in [0, 0.1) is 5.92 Å². The van der Waals surface area contributed by atoms with Crippen molar-refractivity contribution in [2.24, 2.45) is 11.7 Å². The van der Waals surface area contributed by atoms with Crippen LogP contribution in [0.5, 0.6) is 5.75 Å². The zero-order chi connectivity index (χ0) is 17.5. The first-order valence-corrected chi connectivity index (χ1v) is 8.17. The number of benzene rings is 2. The fourth-order valence-electron chi connectivity index (χ4n) is 3.14. The smallest absolute Gasteiger partial charge is 0.300 e. The molecule has 0 radical (unpaired) electrons. The fourth-order valence-corrected chi connectivity index (χ4v) is 3.14. The normalized spacial score (nSPS) is 17.0. The van der Waals surface area contributed by atoms with E-state index in [0.29, 0.717) is 5.92 Å². The third-order valence-electron chi connectivity index (χ3n) is 4.37. The molecular weight excluding hydrogens is 302 g/mol. The molecule has 4 heteroatoms. The number of aryl methyl sites for hydroxylation is 1. The van der Waals surface area contributed by atoms with Crippen molar-refractivity contribution in [2.45, 2.75) is 32.2 Å². The van der Waals surface area contributed by atoms with E-state index in [1.54, 1.807) is 7.11 Å². The molecule has 128 valence electrons. The highest BCUT2D eigenvalue weighted by atomic mass is 16.5. The van der Waals surface area contributed by atoms with Gasteiger partial charge in [-0.1, -0.05) is 36.4 Å². The molecule has 4 nitrogen and oxygen atoms in total. The zero-order valence-electron chi connectivity index (χ0n) is 14.2. The van der Waals surface area contributed by atoms with Crippen molar-refractivity contribution in [1.82, 2.24) is 0 Å². The van der Waals surface area contributed by atoms with Gasteiger partial charge in [0.2, 0.25) is 0 Å². The van der Waals surface area contributed by atoms with Gasteiger partial charge in [0.05, 0.1) is 7.11 Å². The number of carboxylic acid groups (broad SMARTS) is 1. The zero-order valence-corrected chi connectivity index (χ0v) is 14.2. The lowest BCUT2D eigenvalue weighted by atomic mass is 9.78. The predicted octanol–water partition coefficient (Wildman–Crippen LogP) is 3.59. The molecule has 2 unspecified atom stereocenters. The Kier molecular flexibility index (Phi) is 6.38. The summed E-state index contributed by atoms with van der Waals surface area (Å²) < 4.78 is 5.30. The maximum absolute atomic E-state index is 9.00. The average Bonchev–Trinajstić information content (AvgIpc) is 2.60. The minimum absolute atomic E-state index is 0.131. The number of fused-ring (bicyclic) bond motifs is 1. The van der Waals surface area contributed by atoms with Crippen LogP contribution in [-0.2, 0) is 17.6 Å². The lowest BCUT2D eigenvalue weighted by Gasteiger charge is -2.29. The molecule has 0 saturated heterocycles. The SMILES string of the molecule is CC(=O)O.COc1ccc2c(c1)CCC(C(N)c1ccccc1)C2. The molecule has 0 heterocycles. The monoisotopic (exact) mass is 327 g/mol. The second-order valence-electron chi connectivity index (χ2n) is 6.09. The van der Waals surface area contributed by atoms with E-state index in [1.807, 2.05) is 6.07 Å². The number of methoxy groups -OCH3 is 1. The number of nitrogens with two attached hydrogens (primary N) is 1. The van der Waals surface area contributed by atoms with Gasteiger partial charge >= 0.3 is 0 Å². The van der Waals surface area contributed by atoms with E-state index in [1.165, 1.54) is 16.7 Å². The molecule has 0 spiro atoms. The fraction of sp³-hybridized carbons (Fsp3) is 0.350. The average molecular weight is 327 g/mol. The van der Waals surface area contributed by atoms with Crippen LogP contribution in [0.25, 0.3) is 0 Å². The summed E-state index contributed by atoms with van der Waals surface area (Å²) in [4.78, 5) is 9.00. The number of hydrogen-bond acceptors (Lipinski definition) is 3. The second kappa shape index (κ2) is 8.50. The van der Waals surface area contributed by atoms with Crippen LogP contribution in [0.2, 0.25) is 0 Å². The highest BCUT2D eigenvalue weighted by Gasteiger charge is 2.25. The Morgan fingerprint density at radius 3 is 2.50 bits per heavy atom. The molecule has 0 bridgehead atoms. The summed E-state index contributed by atoms with van der Waals surface area (Å²) in [5.41, 5.74) is 10.5. The van der Waals surface area contributed by atoms with E-state index in [0.717, 1.165) is 31.9 Å². The molecule has 24 heavy (non-hydrogen) atoms. The van der Waals surface area contributed by atoms with Gasteiger partial charge in [-0.3, -0.25) is 4.79 Å². The summed E-state index contributed by atoms with van der Waals surface area (Å²) in [6.07, 6.45) is 3.31. The Morgan fingerprint density at radius 2 is 1.88 bits per heavy atom. The molecule has 0 aliphatic heterocycles. The summed E-state index contributed by atoms with van der Waals surface area (Å²) in [7, 11) is 1.72. The van der Waals surface area contributed by atoms with Crippen molar-refractivity contribution < 1.29 is 14.6 Å². The van der Waals surface area contributed by atoms with E-state index in [-0.39, 0.29) is 6.04 Å². The highest BCUT2D eigenvalue weighted by Crippen LogP contribution is 2.34. The topological polar surface area (TPSA) is 72.5 Å². The first-order chi connectivity index (χ1) is 11.5. The Bertz CT molecular complexity index is 666. The number of hydrogen-bond donors (Lipinski definition) is 2. The number of carbonyl (C=O) groups is 1. The van der Waals surface area contributed by atoms with E-state index >= 15 is 0 Å². The minimum Gasteiger partial charge on any atom is -0.497 e. The summed E-state index contributed by atoms with van der Waals surface area (Å²) in [5, 5.41) is 7.42. The van der Waals surface area contributed by atoms with Crippen LogP contribution in [0.4, 0.5) is 0 Å². The quantitative estimate of drug-likeness (QED) is 0.903. The van der Waals surface area contributed by atoms with Gasteiger partial charge in [0.1, 0.15) is 5.75 Å². The van der Waals surface area contributed by atoms with Crippen molar-refractivity contribution in [2.75, 3.05) is 7.11 Å². The Hall–Kier alpha value is -2.33. The maximum atomic E-state index is 9.00. The van der Waals surface area contributed by atoms with Crippen molar-refractivity contribution in [3.8, 4) is 5.75 Å². The van der Waals surface area contributed by atoms with E-state index in [4.69, 9.17) is 20.4 Å². The molecule has 0 fully saturated rings. The second-order valence-corrected chi connectivity index (χ2v) is 6.09. The van der Waals surface area contributed by atoms with Gasteiger partial charge in [-0.15, -0.1) is 0 Å². The molecule has 0 saturated carbocycles. The lowest BCUT2D eigenvalue weighted by molar-refractivity contribution is -0.134. The molecule has 3 N–H and O–H groups in total. The molecule has 0 amide bonds. The van der Waals surface area contributed by atoms with Gasteiger partial charge in [0.25, 0.3) is 5.97 Å². The summed E-state index contributed by atoms with van der Waals surface area (Å²) in [5.74, 6) is 0.646. The third-order valence-corrected chi connectivity index (χ3v) is 4.37. The van der Waals surface area contributed by atoms with Gasteiger partial charge in [-0.25, -0.2) is 0 Å². The largest absolute Gasteiger partial charge is 0.497 e. The van der Waals surface area contributed by atoms with Gasteiger partial charge in [-0.2, -0.15) is 0 Å². The molecule has 2 aromatic rings. The van der Waals surface area contributed by atoms with Gasteiger partial charge < -0.3 is 15.6 Å². The van der Waals surface area contributed by atoms with E-state index < -0.39 is 5.97 Å². The van der Waals surface area contributed by atoms with Crippen LogP contribution in [0.15, 0.2) is 48.5 Å². The molecular formula is C20H25NO3. The van der Waals surface area contributed by atoms with Crippen molar-refractivity contribution in [3.05, 3.63) is 65.2 Å². The summed E-state index contributed by atoms with van der Waals surface area (Å²) in [6.45, 7) is 1.08. The van der Waals surface area contributed by atoms with Crippen LogP contribution in [-0.4, -0.2) is 18.2 Å². The Balaban J connectivity index is 0.000000471. The molecule has 3 rings (SSSR count). The first-order valence-electron chi connectivity index (χ1n) is 8.17. The third kappa shape index (κ3) is 4.83. The number of aliphatic carboxylic acids is 1. The van der Waals surface area contributed by atoms with Crippen LogP contribution in [0.1, 0.15) is 36.1 Å². The standard InChI is InChI=1S/C18H21NO.C2H4O2/c1-20-17-10-9-14-11-16(8-7-15(14)12-17)18(19)13-5-3-2-4-6-13;1-2(3)4/h2-6,9-10,12,16,18H,7-8,11,19H2,1H3;1H3,(H,3,4). The first kappa shape index (κ1) is 18.0. The van der Waals surface area contributed by atoms with Gasteiger partial charge in [0.15, 0.2) is 0 Å². The molecule has 0 aromatic heterocycles. The summed E-state index contributed by atoms with van der Waals surface area (Å²) >= 11 is 0. The summed E-state index contributed by atoms with van der Waals surface area (Å²) in [6, 6.07) is 17.0. The van der Waals surface area contributed by atoms with Gasteiger partial charge in [0, 0.05) is 13.0 Å². The van der Waals surface area contributed by atoms with Gasteiger partial charge in [-0.05, 0) is 54.0 Å². The number of rotatable bonds is 3. The lowest BCUT2D eigenvalue weighted by Crippen LogP contribution is -2.27. The minimum atomic E-state index is -0.833. The Morgan fingerprint density at radius 1 is 1.21 bits per heavy atom. The van der Waals surface area contributed by atoms with Crippen molar-refractivity contribution in [3.63, 3.8) is 0 Å². The van der Waals surface area contributed by atoms with E-state index in [2.05, 4.69) is 42.5 Å². The van der Waals surface area contributed by atoms with Crippen LogP contribution < -0.4 is 10.5 Å². The highest BCUT2D eigenvalue weighted by molar-refractivity contribution is 5.62. The molecule has 1 aliphatic rings. The van der Waals surface area contributed by atoms with Crippen LogP contribution in [0.3, 0.4) is 0 Å². The van der Waals surface area contributed by atoms with Crippen molar-refractivity contribution >= 4 is 5.97 Å². The maximum Gasteiger partial charge on any atom is 0.300 e. The van der Waals surface area contributed by atoms with Crippen LogP contribution >= 0.6 is 0 Å². The van der Waals surface area contributed by atoms with E-state index in [9.17, 15) is 0 Å². The van der Waals surface area contributed by atoms with Crippen molar-refractivity contribution in [1.29, 1.82) is 0 Å². The molecule has 2 atom stereocenters. The predicted molar refractivity (Wildman–Crippen MR) is 95.2 cm³/mol. The number of ether oxygens (including phenoxy) is 1.